The van der Waals surface area contributed by atoms with Crippen LogP contribution in [0, 0.1) is 5.82 Å². The van der Waals surface area contributed by atoms with E-state index >= 15 is 0 Å². The molecule has 5 N–H and O–H groups in total. The van der Waals surface area contributed by atoms with Crippen LogP contribution in [0.4, 0.5) is 10.1 Å². The summed E-state index contributed by atoms with van der Waals surface area (Å²) in [5.41, 5.74) is 7.85. The molecule has 29 heavy (non-hydrogen) atoms. The van der Waals surface area contributed by atoms with Gasteiger partial charge in [-0.05, 0) is 24.3 Å². The molecule has 0 aliphatic carbocycles. The number of imidazole rings is 1. The zero-order valence-electron chi connectivity index (χ0n) is 14.7. The Morgan fingerprint density at radius 2 is 2.07 bits per heavy atom. The Labute approximate surface area is 174 Å². The molecular formula is C19H14Cl2FN5O2. The Hall–Kier alpha value is -3.23. The maximum Gasteiger partial charge on any atom is 0.268 e. The van der Waals surface area contributed by atoms with Gasteiger partial charge in [-0.3, -0.25) is 4.79 Å². The minimum Gasteiger partial charge on any atom is -0.453 e. The third-order valence-electron chi connectivity index (χ3n) is 4.14. The Balaban J connectivity index is 1.52. The number of amides is 1. The summed E-state index contributed by atoms with van der Waals surface area (Å²) < 4.78 is 20.5. The minimum atomic E-state index is -0.698. The standard InChI is InChI=1S/C19H14Cl2FN5O2/c20-10-3-11(23)5-12(4-10)29-17-13(21)2-1-9(16(17)22)7-24-19(28)15-6-14-18(27-15)26-8-25-14/h1-6,8,27H,7,23H2,(H,24,28)(H,25,26). The molecule has 0 saturated carbocycles. The molecule has 2 aromatic carbocycles. The molecule has 2 aromatic heterocycles. The summed E-state index contributed by atoms with van der Waals surface area (Å²) >= 11 is 12.0. The first kappa shape index (κ1) is 19.1. The topological polar surface area (TPSA) is 109 Å². The van der Waals surface area contributed by atoms with Gasteiger partial charge >= 0.3 is 0 Å². The second-order valence-corrected chi connectivity index (χ2v) is 7.05. The molecule has 4 rings (SSSR count). The third kappa shape index (κ3) is 3.98. The molecular weight excluding hydrogens is 420 g/mol. The van der Waals surface area contributed by atoms with E-state index in [0.29, 0.717) is 27.6 Å². The van der Waals surface area contributed by atoms with Crippen LogP contribution in [-0.4, -0.2) is 20.9 Å². The highest BCUT2D eigenvalue weighted by molar-refractivity contribution is 6.32. The smallest absolute Gasteiger partial charge is 0.268 e. The number of aromatic nitrogens is 3. The van der Waals surface area contributed by atoms with Crippen molar-refractivity contribution in [2.45, 2.75) is 6.54 Å². The number of nitrogens with two attached hydrogens (primary N) is 1. The third-order valence-corrected chi connectivity index (χ3v) is 4.65. The first-order chi connectivity index (χ1) is 13.9. The summed E-state index contributed by atoms with van der Waals surface area (Å²) in [5, 5.41) is 3.06. The van der Waals surface area contributed by atoms with E-state index < -0.39 is 11.7 Å². The van der Waals surface area contributed by atoms with Gasteiger partial charge in [-0.15, -0.1) is 0 Å². The van der Waals surface area contributed by atoms with Crippen molar-refractivity contribution in [2.75, 3.05) is 5.73 Å². The van der Waals surface area contributed by atoms with Crippen LogP contribution in [-0.2, 0) is 6.54 Å². The molecule has 148 valence electrons. The predicted molar refractivity (Wildman–Crippen MR) is 109 cm³/mol. The van der Waals surface area contributed by atoms with Crippen molar-refractivity contribution in [2.24, 2.45) is 0 Å². The van der Waals surface area contributed by atoms with E-state index in [-0.39, 0.29) is 28.6 Å². The number of anilines is 1. The molecule has 0 bridgehead atoms. The fourth-order valence-corrected chi connectivity index (χ4v) is 3.20. The number of H-pyrrole nitrogens is 2. The highest BCUT2D eigenvalue weighted by Crippen LogP contribution is 2.35. The lowest BCUT2D eigenvalue weighted by molar-refractivity contribution is 0.0946. The van der Waals surface area contributed by atoms with Gasteiger partial charge in [-0.1, -0.05) is 29.3 Å². The molecule has 0 aliphatic rings. The van der Waals surface area contributed by atoms with Crippen LogP contribution in [0.5, 0.6) is 11.5 Å². The number of fused-ring (bicyclic) bond motifs is 1. The molecule has 0 atom stereocenters. The SMILES string of the molecule is Nc1cc(Cl)cc(Oc2c(Cl)ccc(CNC(=O)c3cc4[nH]cnc4[nH]3)c2F)c1. The molecule has 0 fully saturated rings. The zero-order valence-corrected chi connectivity index (χ0v) is 16.2. The number of nitrogens with one attached hydrogen (secondary N) is 3. The molecule has 0 spiro atoms. The molecule has 0 saturated heterocycles. The van der Waals surface area contributed by atoms with Crippen molar-refractivity contribution in [3.8, 4) is 11.5 Å². The van der Waals surface area contributed by atoms with E-state index in [1.54, 1.807) is 6.07 Å². The van der Waals surface area contributed by atoms with Gasteiger partial charge in [-0.25, -0.2) is 9.37 Å². The summed E-state index contributed by atoms with van der Waals surface area (Å²) in [4.78, 5) is 22.1. The van der Waals surface area contributed by atoms with Gasteiger partial charge < -0.3 is 25.8 Å². The number of nitrogens with zero attached hydrogens (tertiary/aromatic N) is 1. The van der Waals surface area contributed by atoms with Crippen LogP contribution in [0.3, 0.4) is 0 Å². The van der Waals surface area contributed by atoms with Gasteiger partial charge in [-0.2, -0.15) is 0 Å². The Kier molecular flexibility index (Phi) is 5.04. The van der Waals surface area contributed by atoms with Crippen molar-refractivity contribution in [1.29, 1.82) is 0 Å². The number of carbonyl (C=O) groups is 1. The summed E-state index contributed by atoms with van der Waals surface area (Å²) in [7, 11) is 0. The first-order valence-electron chi connectivity index (χ1n) is 8.42. The largest absolute Gasteiger partial charge is 0.453 e. The average Bonchev–Trinajstić information content (AvgIpc) is 3.25. The van der Waals surface area contributed by atoms with Crippen LogP contribution in [0.1, 0.15) is 16.1 Å². The summed E-state index contributed by atoms with van der Waals surface area (Å²) in [5.74, 6) is -1.05. The maximum atomic E-state index is 14.9. The quantitative estimate of drug-likeness (QED) is 0.343. The number of benzene rings is 2. The van der Waals surface area contributed by atoms with Crippen LogP contribution in [0.2, 0.25) is 10.0 Å². The number of halogens is 3. The van der Waals surface area contributed by atoms with Crippen LogP contribution in [0.15, 0.2) is 42.7 Å². The van der Waals surface area contributed by atoms with E-state index in [1.807, 2.05) is 0 Å². The average molecular weight is 434 g/mol. The van der Waals surface area contributed by atoms with E-state index in [4.69, 9.17) is 33.7 Å². The van der Waals surface area contributed by atoms with Crippen LogP contribution < -0.4 is 15.8 Å². The molecule has 1 amide bonds. The molecule has 0 unspecified atom stereocenters. The molecule has 4 aromatic rings. The van der Waals surface area contributed by atoms with Gasteiger partial charge in [0.05, 0.1) is 16.9 Å². The minimum absolute atomic E-state index is 0.0702. The second-order valence-electron chi connectivity index (χ2n) is 6.20. The first-order valence-corrected chi connectivity index (χ1v) is 9.17. The fraction of sp³-hybridized carbons (Fsp3) is 0.0526. The van der Waals surface area contributed by atoms with Gasteiger partial charge in [0.2, 0.25) is 0 Å². The van der Waals surface area contributed by atoms with Crippen molar-refractivity contribution in [3.05, 3.63) is 69.8 Å². The lowest BCUT2D eigenvalue weighted by Crippen LogP contribution is -2.23. The Morgan fingerprint density at radius 3 is 2.83 bits per heavy atom. The second kappa shape index (κ2) is 7.65. The molecule has 2 heterocycles. The number of nitrogen functional groups attached to an aromatic ring is 1. The highest BCUT2D eigenvalue weighted by Gasteiger charge is 2.17. The summed E-state index contributed by atoms with van der Waals surface area (Å²) in [6.07, 6.45) is 1.51. The monoisotopic (exact) mass is 433 g/mol. The summed E-state index contributed by atoms with van der Waals surface area (Å²) in [6.45, 7) is -0.0732. The molecule has 7 nitrogen and oxygen atoms in total. The Morgan fingerprint density at radius 1 is 1.24 bits per heavy atom. The fourth-order valence-electron chi connectivity index (χ4n) is 2.78. The molecule has 10 heteroatoms. The number of carbonyl (C=O) groups excluding carboxylic acids is 1. The number of ether oxygens (including phenoxy) is 1. The van der Waals surface area contributed by atoms with Gasteiger partial charge in [0.1, 0.15) is 11.4 Å². The lowest BCUT2D eigenvalue weighted by atomic mass is 10.2. The number of aromatic amines is 2. The van der Waals surface area contributed by atoms with Crippen molar-refractivity contribution in [3.63, 3.8) is 0 Å². The number of hydrogen-bond donors (Lipinski definition) is 4. The van der Waals surface area contributed by atoms with E-state index in [2.05, 4.69) is 20.3 Å². The highest BCUT2D eigenvalue weighted by atomic mass is 35.5. The predicted octanol–water partition coefficient (Wildman–Crippen LogP) is 4.64. The molecule has 0 radical (unpaired) electrons. The number of rotatable bonds is 5. The van der Waals surface area contributed by atoms with E-state index in [1.165, 1.54) is 36.7 Å². The van der Waals surface area contributed by atoms with Crippen molar-refractivity contribution in [1.82, 2.24) is 20.3 Å². The van der Waals surface area contributed by atoms with E-state index in [9.17, 15) is 9.18 Å². The van der Waals surface area contributed by atoms with Gasteiger partial charge in [0, 0.05) is 28.9 Å². The zero-order chi connectivity index (χ0) is 20.5. The maximum absolute atomic E-state index is 14.9. The van der Waals surface area contributed by atoms with Crippen LogP contribution in [0.25, 0.3) is 11.2 Å². The van der Waals surface area contributed by atoms with Crippen molar-refractivity contribution >= 4 is 46.0 Å². The van der Waals surface area contributed by atoms with E-state index in [0.717, 1.165) is 0 Å². The summed E-state index contributed by atoms with van der Waals surface area (Å²) in [6, 6.07) is 9.10. The van der Waals surface area contributed by atoms with Gasteiger partial charge in [0.25, 0.3) is 5.91 Å². The number of hydrogen-bond acceptors (Lipinski definition) is 4. The van der Waals surface area contributed by atoms with Gasteiger partial charge in [0.15, 0.2) is 17.2 Å². The van der Waals surface area contributed by atoms with Crippen molar-refractivity contribution < 1.29 is 13.9 Å². The normalized spacial score (nSPS) is 11.0. The van der Waals surface area contributed by atoms with Crippen LogP contribution >= 0.6 is 23.2 Å². The molecule has 0 aliphatic heterocycles. The lowest BCUT2D eigenvalue weighted by Gasteiger charge is -2.13. The Bertz CT molecular complexity index is 1170.